The standard InChI is InChI=1S/C18H18ClNO5/c1-23-14-8-13(9-15(10-14)24-2)20-17(21)11-25-18(22)7-12-5-3-4-6-16(12)19/h3-6,8-10H,7,11H2,1-2H3,(H,20,21). The van der Waals surface area contributed by atoms with E-state index in [0.29, 0.717) is 27.8 Å². The molecule has 1 amide bonds. The van der Waals surface area contributed by atoms with Gasteiger partial charge in [0.05, 0.1) is 20.6 Å². The number of carbonyl (C=O) groups is 2. The molecule has 0 saturated carbocycles. The molecule has 0 aliphatic carbocycles. The number of benzene rings is 2. The molecule has 7 heteroatoms. The summed E-state index contributed by atoms with van der Waals surface area (Å²) < 4.78 is 15.2. The zero-order chi connectivity index (χ0) is 18.2. The fraction of sp³-hybridized carbons (Fsp3) is 0.222. The Morgan fingerprint density at radius 1 is 1.04 bits per heavy atom. The number of hydrogen-bond acceptors (Lipinski definition) is 5. The summed E-state index contributed by atoms with van der Waals surface area (Å²) in [5.74, 6) is 0.0602. The maximum Gasteiger partial charge on any atom is 0.310 e. The van der Waals surface area contributed by atoms with Crippen LogP contribution in [0.4, 0.5) is 5.69 Å². The van der Waals surface area contributed by atoms with Crippen molar-refractivity contribution in [3.8, 4) is 11.5 Å². The first kappa shape index (κ1) is 18.6. The van der Waals surface area contributed by atoms with Crippen molar-refractivity contribution in [1.29, 1.82) is 0 Å². The number of rotatable bonds is 7. The van der Waals surface area contributed by atoms with E-state index in [0.717, 1.165) is 0 Å². The average Bonchev–Trinajstić information content (AvgIpc) is 2.61. The van der Waals surface area contributed by atoms with E-state index in [1.54, 1.807) is 42.5 Å². The van der Waals surface area contributed by atoms with E-state index >= 15 is 0 Å². The van der Waals surface area contributed by atoms with Gasteiger partial charge in [-0.15, -0.1) is 0 Å². The van der Waals surface area contributed by atoms with Crippen LogP contribution in [0.5, 0.6) is 11.5 Å². The molecule has 2 rings (SSSR count). The Morgan fingerprint density at radius 2 is 1.68 bits per heavy atom. The monoisotopic (exact) mass is 363 g/mol. The van der Waals surface area contributed by atoms with Gasteiger partial charge in [0, 0.05) is 28.9 Å². The average molecular weight is 364 g/mol. The Morgan fingerprint density at radius 3 is 2.28 bits per heavy atom. The van der Waals surface area contributed by atoms with Crippen molar-refractivity contribution in [3.63, 3.8) is 0 Å². The number of methoxy groups -OCH3 is 2. The lowest BCUT2D eigenvalue weighted by atomic mass is 10.1. The van der Waals surface area contributed by atoms with Crippen molar-refractivity contribution in [2.24, 2.45) is 0 Å². The Balaban J connectivity index is 1.88. The van der Waals surface area contributed by atoms with Crippen molar-refractivity contribution in [1.82, 2.24) is 0 Å². The van der Waals surface area contributed by atoms with Crippen LogP contribution in [-0.4, -0.2) is 32.7 Å². The molecule has 0 saturated heterocycles. The smallest absolute Gasteiger partial charge is 0.310 e. The van der Waals surface area contributed by atoms with Crippen LogP contribution in [0.25, 0.3) is 0 Å². The minimum Gasteiger partial charge on any atom is -0.497 e. The number of amides is 1. The molecule has 0 fully saturated rings. The van der Waals surface area contributed by atoms with Gasteiger partial charge in [-0.05, 0) is 11.6 Å². The van der Waals surface area contributed by atoms with Crippen molar-refractivity contribution in [3.05, 3.63) is 53.1 Å². The SMILES string of the molecule is COc1cc(NC(=O)COC(=O)Cc2ccccc2Cl)cc(OC)c1. The van der Waals surface area contributed by atoms with Crippen molar-refractivity contribution in [2.75, 3.05) is 26.1 Å². The molecule has 1 N–H and O–H groups in total. The Bertz CT molecular complexity index is 741. The lowest BCUT2D eigenvalue weighted by Crippen LogP contribution is -2.21. The minimum absolute atomic E-state index is 0.0000635. The molecule has 25 heavy (non-hydrogen) atoms. The first-order valence-electron chi connectivity index (χ1n) is 7.43. The minimum atomic E-state index is -0.536. The summed E-state index contributed by atoms with van der Waals surface area (Å²) in [6, 6.07) is 11.9. The van der Waals surface area contributed by atoms with Crippen LogP contribution in [0.15, 0.2) is 42.5 Å². The second-order valence-corrected chi connectivity index (χ2v) is 5.49. The van der Waals surface area contributed by atoms with E-state index in [1.807, 2.05) is 0 Å². The number of hydrogen-bond donors (Lipinski definition) is 1. The van der Waals surface area contributed by atoms with Crippen molar-refractivity contribution in [2.45, 2.75) is 6.42 Å². The van der Waals surface area contributed by atoms with Crippen LogP contribution in [0, 0.1) is 0 Å². The second-order valence-electron chi connectivity index (χ2n) is 5.08. The number of esters is 1. The lowest BCUT2D eigenvalue weighted by molar-refractivity contribution is -0.146. The van der Waals surface area contributed by atoms with Gasteiger partial charge in [0.1, 0.15) is 11.5 Å². The molecule has 2 aromatic carbocycles. The van der Waals surface area contributed by atoms with Gasteiger partial charge in [0.25, 0.3) is 5.91 Å². The maximum atomic E-state index is 11.9. The van der Waals surface area contributed by atoms with Gasteiger partial charge >= 0.3 is 5.97 Å². The highest BCUT2D eigenvalue weighted by Gasteiger charge is 2.11. The van der Waals surface area contributed by atoms with Crippen molar-refractivity contribution >= 4 is 29.2 Å². The van der Waals surface area contributed by atoms with Gasteiger partial charge in [-0.2, -0.15) is 0 Å². The van der Waals surface area contributed by atoms with E-state index in [4.69, 9.17) is 25.8 Å². The molecule has 0 aromatic heterocycles. The topological polar surface area (TPSA) is 73.9 Å². The fourth-order valence-electron chi connectivity index (χ4n) is 2.07. The lowest BCUT2D eigenvalue weighted by Gasteiger charge is -2.10. The highest BCUT2D eigenvalue weighted by Crippen LogP contribution is 2.25. The summed E-state index contributed by atoms with van der Waals surface area (Å²) in [5, 5.41) is 3.10. The molecule has 0 aliphatic heterocycles. The van der Waals surface area contributed by atoms with Gasteiger partial charge in [0.2, 0.25) is 0 Å². The van der Waals surface area contributed by atoms with E-state index in [2.05, 4.69) is 5.32 Å². The summed E-state index contributed by atoms with van der Waals surface area (Å²) in [4.78, 5) is 23.8. The van der Waals surface area contributed by atoms with Gasteiger partial charge in [-0.25, -0.2) is 0 Å². The Kier molecular flexibility index (Phi) is 6.65. The Labute approximate surface area is 150 Å². The maximum absolute atomic E-state index is 11.9. The summed E-state index contributed by atoms with van der Waals surface area (Å²) in [7, 11) is 3.02. The highest BCUT2D eigenvalue weighted by molar-refractivity contribution is 6.31. The molecule has 0 radical (unpaired) electrons. The zero-order valence-electron chi connectivity index (χ0n) is 13.9. The molecule has 6 nitrogen and oxygen atoms in total. The zero-order valence-corrected chi connectivity index (χ0v) is 14.6. The number of anilines is 1. The summed E-state index contributed by atoms with van der Waals surface area (Å²) in [6.45, 7) is -0.400. The predicted molar refractivity (Wildman–Crippen MR) is 94.3 cm³/mol. The summed E-state index contributed by atoms with van der Waals surface area (Å²) in [6.07, 6.45) is -0.0000635. The van der Waals surface area contributed by atoms with Gasteiger partial charge in [0.15, 0.2) is 6.61 Å². The van der Waals surface area contributed by atoms with Gasteiger partial charge < -0.3 is 19.5 Å². The van der Waals surface area contributed by atoms with E-state index in [-0.39, 0.29) is 6.42 Å². The van der Waals surface area contributed by atoms with E-state index in [1.165, 1.54) is 14.2 Å². The normalized spacial score (nSPS) is 10.0. The molecule has 0 spiro atoms. The quantitative estimate of drug-likeness (QED) is 0.765. The number of nitrogens with one attached hydrogen (secondary N) is 1. The van der Waals surface area contributed by atoms with Crippen LogP contribution in [-0.2, 0) is 20.7 Å². The fourth-order valence-corrected chi connectivity index (χ4v) is 2.27. The van der Waals surface area contributed by atoms with Gasteiger partial charge in [-0.1, -0.05) is 29.8 Å². The first-order valence-corrected chi connectivity index (χ1v) is 7.81. The van der Waals surface area contributed by atoms with E-state index < -0.39 is 18.5 Å². The molecule has 0 unspecified atom stereocenters. The van der Waals surface area contributed by atoms with Crippen LogP contribution < -0.4 is 14.8 Å². The molecule has 0 heterocycles. The van der Waals surface area contributed by atoms with Crippen molar-refractivity contribution < 1.29 is 23.8 Å². The Hall–Kier alpha value is -2.73. The molecule has 0 aliphatic rings. The number of carbonyl (C=O) groups excluding carboxylic acids is 2. The predicted octanol–water partition coefficient (Wildman–Crippen LogP) is 3.08. The third-order valence-electron chi connectivity index (χ3n) is 3.29. The summed E-state index contributed by atoms with van der Waals surface area (Å²) in [5.41, 5.74) is 1.12. The van der Waals surface area contributed by atoms with E-state index in [9.17, 15) is 9.59 Å². The molecule has 0 atom stereocenters. The first-order chi connectivity index (χ1) is 12.0. The number of ether oxygens (including phenoxy) is 3. The molecule has 2 aromatic rings. The highest BCUT2D eigenvalue weighted by atomic mass is 35.5. The second kappa shape index (κ2) is 8.94. The molecule has 132 valence electrons. The summed E-state index contributed by atoms with van der Waals surface area (Å²) >= 11 is 5.98. The van der Waals surface area contributed by atoms with Crippen LogP contribution in [0.2, 0.25) is 5.02 Å². The van der Waals surface area contributed by atoms with Crippen LogP contribution >= 0.6 is 11.6 Å². The third-order valence-corrected chi connectivity index (χ3v) is 3.66. The largest absolute Gasteiger partial charge is 0.497 e. The van der Waals surface area contributed by atoms with Crippen LogP contribution in [0.3, 0.4) is 0 Å². The molecular formula is C18H18ClNO5. The number of halogens is 1. The van der Waals surface area contributed by atoms with Gasteiger partial charge in [-0.3, -0.25) is 9.59 Å². The third kappa shape index (κ3) is 5.69. The van der Waals surface area contributed by atoms with Crippen LogP contribution in [0.1, 0.15) is 5.56 Å². The molecule has 0 bridgehead atoms. The molecular weight excluding hydrogens is 346 g/mol.